The van der Waals surface area contributed by atoms with E-state index in [1.807, 2.05) is 56.3 Å². The minimum atomic E-state index is 0.00208. The van der Waals surface area contributed by atoms with Crippen LogP contribution in [-0.4, -0.2) is 32.9 Å². The van der Waals surface area contributed by atoms with Gasteiger partial charge in [0.25, 0.3) is 0 Å². The second-order valence-corrected chi connectivity index (χ2v) is 7.56. The van der Waals surface area contributed by atoms with Crippen LogP contribution in [0.3, 0.4) is 0 Å². The lowest BCUT2D eigenvalue weighted by molar-refractivity contribution is -0.119. The number of aromatic amines is 1. The molecule has 0 spiro atoms. The SMILES string of the molecule is Cc1ccc(-c2nc(SCC(=O)N[C@H](C)CCc3ccccc3)n[nH]2)cc1. The molecule has 140 valence electrons. The van der Waals surface area contributed by atoms with Crippen LogP contribution < -0.4 is 5.32 Å². The third-order valence-electron chi connectivity index (χ3n) is 4.24. The Kier molecular flexibility index (Phi) is 6.65. The van der Waals surface area contributed by atoms with Gasteiger partial charge in [-0.1, -0.05) is 71.9 Å². The zero-order valence-corrected chi connectivity index (χ0v) is 16.4. The van der Waals surface area contributed by atoms with E-state index >= 15 is 0 Å². The van der Waals surface area contributed by atoms with Gasteiger partial charge in [-0.15, -0.1) is 5.10 Å². The molecule has 3 rings (SSSR count). The number of thioether (sulfide) groups is 1. The Bertz CT molecular complexity index is 861. The van der Waals surface area contributed by atoms with Gasteiger partial charge in [0, 0.05) is 11.6 Å². The van der Waals surface area contributed by atoms with Gasteiger partial charge in [-0.05, 0) is 32.3 Å². The van der Waals surface area contributed by atoms with E-state index in [-0.39, 0.29) is 11.9 Å². The fourth-order valence-corrected chi connectivity index (χ4v) is 3.31. The standard InChI is InChI=1S/C21H24N4OS/c1-15-8-12-18(13-9-15)20-23-21(25-24-20)27-14-19(26)22-16(2)10-11-17-6-4-3-5-7-17/h3-9,12-13,16H,10-11,14H2,1-2H3,(H,22,26)(H,23,24,25)/t16-/m1/s1. The van der Waals surface area contributed by atoms with E-state index in [4.69, 9.17) is 0 Å². The van der Waals surface area contributed by atoms with Crippen LogP contribution in [0.2, 0.25) is 0 Å². The minimum absolute atomic E-state index is 0.00208. The first-order chi connectivity index (χ1) is 13.1. The first-order valence-electron chi connectivity index (χ1n) is 9.05. The van der Waals surface area contributed by atoms with Crippen LogP contribution in [0, 0.1) is 6.92 Å². The van der Waals surface area contributed by atoms with Crippen molar-refractivity contribution in [3.05, 3.63) is 65.7 Å². The number of nitrogens with zero attached hydrogens (tertiary/aromatic N) is 2. The molecule has 3 aromatic rings. The number of aryl methyl sites for hydroxylation is 2. The van der Waals surface area contributed by atoms with Crippen LogP contribution in [0.4, 0.5) is 0 Å². The van der Waals surface area contributed by atoms with E-state index < -0.39 is 0 Å². The molecule has 0 aliphatic heterocycles. The molecule has 2 aromatic carbocycles. The van der Waals surface area contributed by atoms with Crippen molar-refractivity contribution in [3.63, 3.8) is 0 Å². The zero-order chi connectivity index (χ0) is 19.1. The first kappa shape index (κ1) is 19.2. The summed E-state index contributed by atoms with van der Waals surface area (Å²) in [7, 11) is 0. The lowest BCUT2D eigenvalue weighted by atomic mass is 10.1. The molecule has 27 heavy (non-hydrogen) atoms. The number of benzene rings is 2. The highest BCUT2D eigenvalue weighted by Gasteiger charge is 2.11. The predicted molar refractivity (Wildman–Crippen MR) is 110 cm³/mol. The van der Waals surface area contributed by atoms with Gasteiger partial charge < -0.3 is 5.32 Å². The van der Waals surface area contributed by atoms with E-state index in [9.17, 15) is 4.79 Å². The van der Waals surface area contributed by atoms with E-state index in [0.29, 0.717) is 16.7 Å². The normalized spacial score (nSPS) is 11.9. The van der Waals surface area contributed by atoms with Crippen molar-refractivity contribution in [2.75, 3.05) is 5.75 Å². The number of hydrogen-bond acceptors (Lipinski definition) is 4. The van der Waals surface area contributed by atoms with E-state index in [2.05, 4.69) is 32.6 Å². The largest absolute Gasteiger partial charge is 0.353 e. The smallest absolute Gasteiger partial charge is 0.230 e. The van der Waals surface area contributed by atoms with Crippen molar-refractivity contribution in [2.24, 2.45) is 0 Å². The molecule has 6 heteroatoms. The molecule has 0 aliphatic rings. The predicted octanol–water partition coefficient (Wildman–Crippen LogP) is 4.01. The van der Waals surface area contributed by atoms with E-state index in [1.54, 1.807) is 0 Å². The van der Waals surface area contributed by atoms with Gasteiger partial charge in [0.15, 0.2) is 5.82 Å². The molecule has 2 N–H and O–H groups in total. The highest BCUT2D eigenvalue weighted by Crippen LogP contribution is 2.19. The van der Waals surface area contributed by atoms with Gasteiger partial charge in [-0.2, -0.15) is 0 Å². The Hall–Kier alpha value is -2.60. The van der Waals surface area contributed by atoms with Crippen LogP contribution in [0.15, 0.2) is 59.8 Å². The van der Waals surface area contributed by atoms with Crippen LogP contribution in [0.25, 0.3) is 11.4 Å². The van der Waals surface area contributed by atoms with E-state index in [1.165, 1.54) is 22.9 Å². The number of carbonyl (C=O) groups is 1. The summed E-state index contributed by atoms with van der Waals surface area (Å²) in [6.07, 6.45) is 1.87. The molecule has 1 atom stereocenters. The number of nitrogens with one attached hydrogen (secondary N) is 2. The number of hydrogen-bond donors (Lipinski definition) is 2. The Labute approximate surface area is 164 Å². The Morgan fingerprint density at radius 3 is 2.63 bits per heavy atom. The summed E-state index contributed by atoms with van der Waals surface area (Å²) < 4.78 is 0. The Morgan fingerprint density at radius 1 is 1.15 bits per heavy atom. The Balaban J connectivity index is 1.43. The summed E-state index contributed by atoms with van der Waals surface area (Å²) in [6.45, 7) is 4.08. The summed E-state index contributed by atoms with van der Waals surface area (Å²) in [5.41, 5.74) is 3.47. The molecule has 0 unspecified atom stereocenters. The number of aromatic nitrogens is 3. The number of rotatable bonds is 8. The topological polar surface area (TPSA) is 70.7 Å². The van der Waals surface area contributed by atoms with Crippen LogP contribution in [0.5, 0.6) is 0 Å². The van der Waals surface area contributed by atoms with Gasteiger partial charge in [-0.25, -0.2) is 4.98 Å². The van der Waals surface area contributed by atoms with Crippen molar-refractivity contribution in [1.82, 2.24) is 20.5 Å². The highest BCUT2D eigenvalue weighted by atomic mass is 32.2. The molecule has 0 radical (unpaired) electrons. The monoisotopic (exact) mass is 380 g/mol. The highest BCUT2D eigenvalue weighted by molar-refractivity contribution is 7.99. The van der Waals surface area contributed by atoms with E-state index in [0.717, 1.165) is 18.4 Å². The van der Waals surface area contributed by atoms with Crippen LogP contribution in [-0.2, 0) is 11.2 Å². The maximum Gasteiger partial charge on any atom is 0.230 e. The Morgan fingerprint density at radius 2 is 1.89 bits per heavy atom. The fourth-order valence-electron chi connectivity index (χ4n) is 2.70. The summed E-state index contributed by atoms with van der Waals surface area (Å²) >= 11 is 1.34. The molecular weight excluding hydrogens is 356 g/mol. The van der Waals surface area contributed by atoms with Crippen LogP contribution in [0.1, 0.15) is 24.5 Å². The molecule has 1 aromatic heterocycles. The van der Waals surface area contributed by atoms with Gasteiger partial charge in [0.2, 0.25) is 11.1 Å². The number of amides is 1. The molecule has 0 bridgehead atoms. The second-order valence-electron chi connectivity index (χ2n) is 6.61. The van der Waals surface area contributed by atoms with Crippen LogP contribution >= 0.6 is 11.8 Å². The van der Waals surface area contributed by atoms with Crippen molar-refractivity contribution in [1.29, 1.82) is 0 Å². The van der Waals surface area contributed by atoms with Crippen molar-refractivity contribution >= 4 is 17.7 Å². The maximum absolute atomic E-state index is 12.2. The molecule has 0 fully saturated rings. The van der Waals surface area contributed by atoms with Crippen molar-refractivity contribution in [3.8, 4) is 11.4 Å². The van der Waals surface area contributed by atoms with Crippen molar-refractivity contribution in [2.45, 2.75) is 37.9 Å². The number of carbonyl (C=O) groups excluding carboxylic acids is 1. The molecule has 1 heterocycles. The summed E-state index contributed by atoms with van der Waals surface area (Å²) in [5.74, 6) is 1.03. The summed E-state index contributed by atoms with van der Waals surface area (Å²) in [6, 6.07) is 18.5. The summed E-state index contributed by atoms with van der Waals surface area (Å²) in [4.78, 5) is 16.6. The van der Waals surface area contributed by atoms with Gasteiger partial charge in [-0.3, -0.25) is 9.89 Å². The lowest BCUT2D eigenvalue weighted by Gasteiger charge is -2.13. The first-order valence-corrected chi connectivity index (χ1v) is 10.0. The minimum Gasteiger partial charge on any atom is -0.353 e. The maximum atomic E-state index is 12.2. The third kappa shape index (κ3) is 5.96. The average Bonchev–Trinajstić information content (AvgIpc) is 3.15. The fraction of sp³-hybridized carbons (Fsp3) is 0.286. The van der Waals surface area contributed by atoms with Gasteiger partial charge in [0.1, 0.15) is 0 Å². The zero-order valence-electron chi connectivity index (χ0n) is 15.6. The van der Waals surface area contributed by atoms with Crippen molar-refractivity contribution < 1.29 is 4.79 Å². The second kappa shape index (κ2) is 9.37. The lowest BCUT2D eigenvalue weighted by Crippen LogP contribution is -2.34. The molecule has 0 saturated heterocycles. The van der Waals surface area contributed by atoms with Gasteiger partial charge in [0.05, 0.1) is 5.75 Å². The van der Waals surface area contributed by atoms with Gasteiger partial charge >= 0.3 is 0 Å². The number of H-pyrrole nitrogens is 1. The quantitative estimate of drug-likeness (QED) is 0.579. The third-order valence-corrected chi connectivity index (χ3v) is 5.09. The molecule has 1 amide bonds. The molecule has 0 aliphatic carbocycles. The summed E-state index contributed by atoms with van der Waals surface area (Å²) in [5, 5.41) is 10.7. The molecule has 0 saturated carbocycles. The molecular formula is C21H24N4OS. The molecule has 5 nitrogen and oxygen atoms in total. The average molecular weight is 381 g/mol.